The summed E-state index contributed by atoms with van der Waals surface area (Å²) in [5.41, 5.74) is 5.52. The summed E-state index contributed by atoms with van der Waals surface area (Å²) in [6.45, 7) is 5.50. The lowest BCUT2D eigenvalue weighted by atomic mass is 9.96. The summed E-state index contributed by atoms with van der Waals surface area (Å²) in [7, 11) is 0. The van der Waals surface area contributed by atoms with Gasteiger partial charge in [-0.3, -0.25) is 9.59 Å². The van der Waals surface area contributed by atoms with Gasteiger partial charge in [0.1, 0.15) is 5.82 Å². The van der Waals surface area contributed by atoms with Crippen molar-refractivity contribution in [2.75, 3.05) is 18.0 Å². The van der Waals surface area contributed by atoms with Gasteiger partial charge in [0.2, 0.25) is 11.8 Å². The van der Waals surface area contributed by atoms with Crippen LogP contribution in [0.2, 0.25) is 5.02 Å². The van der Waals surface area contributed by atoms with Crippen LogP contribution in [0.3, 0.4) is 0 Å². The number of nitrogens with one attached hydrogen (secondary N) is 1. The zero-order valence-electron chi connectivity index (χ0n) is 14.2. The number of piperidine rings is 1. The third kappa shape index (κ3) is 4.60. The van der Waals surface area contributed by atoms with E-state index in [-0.39, 0.29) is 23.4 Å². The molecule has 1 aliphatic rings. The van der Waals surface area contributed by atoms with Crippen LogP contribution in [0.1, 0.15) is 49.9 Å². The minimum atomic E-state index is -0.559. The van der Waals surface area contributed by atoms with E-state index in [4.69, 9.17) is 17.3 Å². The van der Waals surface area contributed by atoms with Gasteiger partial charge in [-0.1, -0.05) is 24.9 Å². The van der Waals surface area contributed by atoms with Crippen molar-refractivity contribution in [3.63, 3.8) is 0 Å². The summed E-state index contributed by atoms with van der Waals surface area (Å²) in [5, 5.41) is 3.46. The number of pyridine rings is 1. The van der Waals surface area contributed by atoms with Crippen LogP contribution in [-0.4, -0.2) is 35.9 Å². The molecule has 1 saturated heterocycles. The topological polar surface area (TPSA) is 88.3 Å². The van der Waals surface area contributed by atoms with Gasteiger partial charge < -0.3 is 16.0 Å². The number of carbonyl (C=O) groups is 2. The van der Waals surface area contributed by atoms with Crippen molar-refractivity contribution in [1.82, 2.24) is 10.3 Å². The average Bonchev–Trinajstić information content (AvgIpc) is 2.55. The molecule has 0 spiro atoms. The highest BCUT2D eigenvalue weighted by Crippen LogP contribution is 2.28. The van der Waals surface area contributed by atoms with Gasteiger partial charge in [0.05, 0.1) is 16.5 Å². The van der Waals surface area contributed by atoms with Crippen molar-refractivity contribution >= 4 is 29.2 Å². The van der Waals surface area contributed by atoms with E-state index < -0.39 is 5.91 Å². The fraction of sp³-hybridized carbons (Fsp3) is 0.588. The second kappa shape index (κ2) is 8.33. The van der Waals surface area contributed by atoms with Gasteiger partial charge in [0.25, 0.3) is 0 Å². The third-order valence-corrected chi connectivity index (χ3v) is 4.59. The summed E-state index contributed by atoms with van der Waals surface area (Å²) in [6, 6.07) is 1.72. The van der Waals surface area contributed by atoms with Gasteiger partial charge in [0.15, 0.2) is 0 Å². The predicted octanol–water partition coefficient (Wildman–Crippen LogP) is 2.36. The molecule has 2 heterocycles. The number of rotatable bonds is 6. The number of hydrogen-bond acceptors (Lipinski definition) is 4. The molecular weight excluding hydrogens is 328 g/mol. The van der Waals surface area contributed by atoms with E-state index >= 15 is 0 Å². The van der Waals surface area contributed by atoms with Gasteiger partial charge >= 0.3 is 0 Å². The molecule has 1 aromatic heterocycles. The number of halogens is 1. The molecule has 132 valence electrons. The Hall–Kier alpha value is -1.82. The summed E-state index contributed by atoms with van der Waals surface area (Å²) >= 11 is 6.25. The first kappa shape index (κ1) is 18.5. The zero-order chi connectivity index (χ0) is 17.7. The molecule has 2 unspecified atom stereocenters. The third-order valence-electron chi connectivity index (χ3n) is 4.31. The lowest BCUT2D eigenvalue weighted by Crippen LogP contribution is -2.45. The van der Waals surface area contributed by atoms with E-state index in [0.29, 0.717) is 17.4 Å². The van der Waals surface area contributed by atoms with Crippen LogP contribution in [-0.2, 0) is 4.79 Å². The van der Waals surface area contributed by atoms with Crippen LogP contribution in [0.5, 0.6) is 0 Å². The number of primary amides is 1. The van der Waals surface area contributed by atoms with E-state index in [1.165, 1.54) is 12.3 Å². The second-order valence-corrected chi connectivity index (χ2v) is 6.78. The fourth-order valence-corrected chi connectivity index (χ4v) is 3.33. The van der Waals surface area contributed by atoms with Gasteiger partial charge in [-0.2, -0.15) is 0 Å². The summed E-state index contributed by atoms with van der Waals surface area (Å²) in [6.07, 6.45) is 5.21. The highest BCUT2D eigenvalue weighted by Gasteiger charge is 2.28. The Balaban J connectivity index is 2.05. The molecule has 24 heavy (non-hydrogen) atoms. The predicted molar refractivity (Wildman–Crippen MR) is 95.2 cm³/mol. The van der Waals surface area contributed by atoms with Gasteiger partial charge in [0, 0.05) is 25.3 Å². The second-order valence-electron chi connectivity index (χ2n) is 6.38. The van der Waals surface area contributed by atoms with Crippen molar-refractivity contribution < 1.29 is 9.59 Å². The smallest absolute Gasteiger partial charge is 0.250 e. The normalized spacial score (nSPS) is 19.0. The van der Waals surface area contributed by atoms with E-state index in [0.717, 1.165) is 32.2 Å². The number of aromatic nitrogens is 1. The largest absolute Gasteiger partial charge is 0.366 e. The van der Waals surface area contributed by atoms with E-state index in [9.17, 15) is 9.59 Å². The number of carbonyl (C=O) groups excluding carboxylic acids is 2. The Labute approximate surface area is 147 Å². The molecule has 0 aliphatic carbocycles. The summed E-state index contributed by atoms with van der Waals surface area (Å²) in [5.74, 6) is 0.0507. The highest BCUT2D eigenvalue weighted by molar-refractivity contribution is 6.33. The standard InChI is InChI=1S/C17H25ClN4O2/c1-3-5-11(2)21-17(24)12-6-4-7-22(10-12)16-14(18)8-13(9-20-16)15(19)23/h8-9,11-12H,3-7,10H2,1-2H3,(H2,19,23)(H,21,24). The Morgan fingerprint density at radius 2 is 2.29 bits per heavy atom. The Morgan fingerprint density at radius 3 is 2.92 bits per heavy atom. The molecule has 0 bridgehead atoms. The summed E-state index contributed by atoms with van der Waals surface area (Å²) < 4.78 is 0. The molecule has 0 aromatic carbocycles. The van der Waals surface area contributed by atoms with Crippen molar-refractivity contribution in [2.45, 2.75) is 45.6 Å². The quantitative estimate of drug-likeness (QED) is 0.822. The minimum Gasteiger partial charge on any atom is -0.366 e. The molecule has 6 nitrogen and oxygen atoms in total. The lowest BCUT2D eigenvalue weighted by molar-refractivity contribution is -0.125. The zero-order valence-corrected chi connectivity index (χ0v) is 15.0. The Morgan fingerprint density at radius 1 is 1.54 bits per heavy atom. The minimum absolute atomic E-state index is 0.0771. The first-order chi connectivity index (χ1) is 11.4. The number of hydrogen-bond donors (Lipinski definition) is 2. The number of anilines is 1. The monoisotopic (exact) mass is 352 g/mol. The van der Waals surface area contributed by atoms with Crippen LogP contribution < -0.4 is 16.0 Å². The molecule has 2 amide bonds. The molecule has 2 rings (SSSR count). The maximum absolute atomic E-state index is 12.4. The first-order valence-corrected chi connectivity index (χ1v) is 8.80. The number of nitrogens with two attached hydrogens (primary N) is 1. The molecular formula is C17H25ClN4O2. The van der Waals surface area contributed by atoms with Gasteiger partial charge in [-0.25, -0.2) is 4.98 Å². The SMILES string of the molecule is CCCC(C)NC(=O)C1CCCN(c2ncc(C(N)=O)cc2Cl)C1. The highest BCUT2D eigenvalue weighted by atomic mass is 35.5. The van der Waals surface area contributed by atoms with Gasteiger partial charge in [-0.15, -0.1) is 0 Å². The molecule has 0 saturated carbocycles. The molecule has 7 heteroatoms. The number of amides is 2. The van der Waals surface area contributed by atoms with E-state index in [2.05, 4.69) is 17.2 Å². The van der Waals surface area contributed by atoms with Crippen molar-refractivity contribution in [3.8, 4) is 0 Å². The average molecular weight is 353 g/mol. The van der Waals surface area contributed by atoms with Crippen LogP contribution in [0.15, 0.2) is 12.3 Å². The van der Waals surface area contributed by atoms with Crippen LogP contribution in [0.4, 0.5) is 5.82 Å². The molecule has 0 radical (unpaired) electrons. The fourth-order valence-electron chi connectivity index (χ4n) is 3.05. The molecule has 2 atom stereocenters. The van der Waals surface area contributed by atoms with E-state index in [1.54, 1.807) is 0 Å². The lowest BCUT2D eigenvalue weighted by Gasteiger charge is -2.33. The maximum atomic E-state index is 12.4. The molecule has 1 aliphatic heterocycles. The van der Waals surface area contributed by atoms with E-state index in [1.807, 2.05) is 11.8 Å². The van der Waals surface area contributed by atoms with Crippen molar-refractivity contribution in [2.24, 2.45) is 11.7 Å². The van der Waals surface area contributed by atoms with Crippen molar-refractivity contribution in [1.29, 1.82) is 0 Å². The summed E-state index contributed by atoms with van der Waals surface area (Å²) in [4.78, 5) is 29.9. The molecule has 3 N–H and O–H groups in total. The van der Waals surface area contributed by atoms with Crippen LogP contribution in [0, 0.1) is 5.92 Å². The Bertz CT molecular complexity index is 608. The molecule has 1 aromatic rings. The van der Waals surface area contributed by atoms with Crippen LogP contribution in [0.25, 0.3) is 0 Å². The van der Waals surface area contributed by atoms with Crippen LogP contribution >= 0.6 is 11.6 Å². The van der Waals surface area contributed by atoms with Crippen molar-refractivity contribution in [3.05, 3.63) is 22.8 Å². The number of nitrogens with zero attached hydrogens (tertiary/aromatic N) is 2. The Kier molecular flexibility index (Phi) is 6.43. The molecule has 1 fully saturated rings. The van der Waals surface area contributed by atoms with Gasteiger partial charge in [-0.05, 0) is 32.3 Å². The maximum Gasteiger partial charge on any atom is 0.250 e. The first-order valence-electron chi connectivity index (χ1n) is 8.43.